The first-order valence-corrected chi connectivity index (χ1v) is 28.6. The molecule has 0 radical (unpaired) electrons. The van der Waals surface area contributed by atoms with Gasteiger partial charge in [0.15, 0.2) is 6.20 Å². The number of anilines is 2. The van der Waals surface area contributed by atoms with Crippen LogP contribution in [0.1, 0.15) is 168 Å². The van der Waals surface area contributed by atoms with Crippen molar-refractivity contribution in [3.63, 3.8) is 0 Å². The smallest absolute Gasteiger partial charge is 0.243 e. The predicted octanol–water partition coefficient (Wildman–Crippen LogP) is 19.4. The number of unbranched alkanes of at least 4 members (excludes halogenated alkanes) is 10. The summed E-state index contributed by atoms with van der Waals surface area (Å²) in [7, 11) is 3.92. The first kappa shape index (κ1) is 70.8. The summed E-state index contributed by atoms with van der Waals surface area (Å²) in [6.45, 7) is 40.3. The molecule has 0 atom stereocenters. The molecule has 0 aliphatic heterocycles. The summed E-state index contributed by atoms with van der Waals surface area (Å²) in [5.74, 6) is 0. The molecule has 5 aromatic rings. The maximum absolute atomic E-state index is 4.44. The van der Waals surface area contributed by atoms with Gasteiger partial charge in [-0.3, -0.25) is 5.01 Å². The van der Waals surface area contributed by atoms with Crippen LogP contribution < -0.4 is 14.5 Å². The highest BCUT2D eigenvalue weighted by atomic mass is 15.4. The van der Waals surface area contributed by atoms with Crippen molar-refractivity contribution in [1.29, 1.82) is 0 Å². The van der Waals surface area contributed by atoms with Gasteiger partial charge in [0.1, 0.15) is 25.2 Å². The molecule has 0 aliphatic rings. The van der Waals surface area contributed by atoms with Crippen LogP contribution in [-0.4, -0.2) is 42.2 Å². The second-order valence-electron chi connectivity index (χ2n) is 17.9. The molecule has 6 nitrogen and oxygen atoms in total. The van der Waals surface area contributed by atoms with Crippen LogP contribution in [0.15, 0.2) is 189 Å². The Hall–Kier alpha value is -6.27. The minimum atomic E-state index is 0.840. The maximum atomic E-state index is 4.44. The Balaban J connectivity index is 0. The van der Waals surface area contributed by atoms with Crippen LogP contribution in [0.3, 0.4) is 0 Å². The van der Waals surface area contributed by atoms with Crippen LogP contribution in [0, 0.1) is 20.8 Å². The fourth-order valence-electron chi connectivity index (χ4n) is 7.40. The molecule has 0 fully saturated rings. The summed E-state index contributed by atoms with van der Waals surface area (Å²) in [5, 5.41) is 6.27. The Morgan fingerprint density at radius 2 is 1.19 bits per heavy atom. The fourth-order valence-corrected chi connectivity index (χ4v) is 7.40. The van der Waals surface area contributed by atoms with E-state index in [0.717, 1.165) is 22.6 Å². The van der Waals surface area contributed by atoms with Crippen molar-refractivity contribution >= 4 is 29.4 Å². The normalized spacial score (nSPS) is 10.5. The first-order chi connectivity index (χ1) is 36.5. The number of rotatable bonds is 25. The van der Waals surface area contributed by atoms with E-state index < -0.39 is 0 Å². The maximum Gasteiger partial charge on any atom is 0.243 e. The summed E-state index contributed by atoms with van der Waals surface area (Å²) in [4.78, 5) is 2.04. The fraction of sp³-hybridized carbons (Fsp3) is 0.435. The summed E-state index contributed by atoms with van der Waals surface area (Å²) in [5.41, 5.74) is 9.15. The molecule has 0 saturated carbocycles. The number of hydrogen-bond donors (Lipinski definition) is 0. The SMILES string of the molecule is C=C(/C=N/N(C)c1ccccc1)N(C)c1ccccc1C.C=C/C=C(/C=C)c1ccccc1C.CC.CC.CC=[N+](/C=C\C)CCCCCCC.CCCCCCCn1cc[n+](CCCCC)c1.Cc1ccccc1. The van der Waals surface area contributed by atoms with Crippen LogP contribution >= 0.6 is 0 Å². The van der Waals surface area contributed by atoms with Crippen molar-refractivity contribution in [3.05, 3.63) is 206 Å². The lowest BCUT2D eigenvalue weighted by Gasteiger charge is -2.21. The number of aromatic nitrogens is 2. The Morgan fingerprint density at radius 3 is 1.71 bits per heavy atom. The van der Waals surface area contributed by atoms with Gasteiger partial charge >= 0.3 is 0 Å². The van der Waals surface area contributed by atoms with Crippen molar-refractivity contribution in [2.24, 2.45) is 5.10 Å². The van der Waals surface area contributed by atoms with Crippen molar-refractivity contribution in [2.45, 2.75) is 180 Å². The van der Waals surface area contributed by atoms with Crippen LogP contribution in [0.2, 0.25) is 0 Å². The molecule has 5 rings (SSSR count). The Kier molecular flexibility index (Phi) is 47.1. The molecule has 0 spiro atoms. The molecular weight excluding hydrogens is 913 g/mol. The number of hydrazone groups is 1. The van der Waals surface area contributed by atoms with Gasteiger partial charge in [0.2, 0.25) is 6.33 Å². The number of imidazole rings is 1. The highest BCUT2D eigenvalue weighted by molar-refractivity contribution is 5.84. The highest BCUT2D eigenvalue weighted by Gasteiger charge is 2.07. The number of nitrogens with zero attached hydrogens (tertiary/aromatic N) is 6. The van der Waals surface area contributed by atoms with E-state index in [1.54, 1.807) is 12.3 Å². The summed E-state index contributed by atoms with van der Waals surface area (Å²) < 4.78 is 6.91. The van der Waals surface area contributed by atoms with E-state index in [0.29, 0.717) is 0 Å². The number of aryl methyl sites for hydroxylation is 5. The van der Waals surface area contributed by atoms with Gasteiger partial charge in [-0.05, 0) is 106 Å². The monoisotopic (exact) mass is 1020 g/mol. The number of para-hydroxylation sites is 2. The Labute approximate surface area is 462 Å². The van der Waals surface area contributed by atoms with Crippen molar-refractivity contribution in [1.82, 2.24) is 4.57 Å². The third-order valence-corrected chi connectivity index (χ3v) is 11.8. The highest BCUT2D eigenvalue weighted by Crippen LogP contribution is 2.21. The van der Waals surface area contributed by atoms with Crippen molar-refractivity contribution in [2.75, 3.05) is 30.5 Å². The molecular formula is C69H108N6+2. The zero-order valence-corrected chi connectivity index (χ0v) is 50.3. The second kappa shape index (κ2) is 49.9. The van der Waals surface area contributed by atoms with Crippen molar-refractivity contribution < 1.29 is 9.14 Å². The topological polar surface area (TPSA) is 30.7 Å². The van der Waals surface area contributed by atoms with Crippen LogP contribution in [0.25, 0.3) is 5.57 Å². The number of hydrogen-bond acceptors (Lipinski definition) is 3. The van der Waals surface area contributed by atoms with Gasteiger partial charge in [0, 0.05) is 33.1 Å². The van der Waals surface area contributed by atoms with Gasteiger partial charge in [0.05, 0.1) is 30.7 Å². The summed E-state index contributed by atoms with van der Waals surface area (Å²) >= 11 is 0. The van der Waals surface area contributed by atoms with Gasteiger partial charge in [-0.25, -0.2) is 13.7 Å². The lowest BCUT2D eigenvalue weighted by molar-refractivity contribution is -0.696. The first-order valence-electron chi connectivity index (χ1n) is 28.6. The quantitative estimate of drug-likeness (QED) is 0.0192. The van der Waals surface area contributed by atoms with E-state index >= 15 is 0 Å². The molecule has 0 aliphatic carbocycles. The van der Waals surface area contributed by atoms with Gasteiger partial charge in [0.25, 0.3) is 0 Å². The molecule has 1 heterocycles. The summed E-state index contributed by atoms with van der Waals surface area (Å²) in [6.07, 6.45) is 38.0. The van der Waals surface area contributed by atoms with Crippen LogP contribution in [0.5, 0.6) is 0 Å². The van der Waals surface area contributed by atoms with E-state index in [4.69, 9.17) is 0 Å². The van der Waals surface area contributed by atoms with Gasteiger partial charge in [-0.1, -0.05) is 228 Å². The summed E-state index contributed by atoms with van der Waals surface area (Å²) in [6, 6.07) is 36.8. The van der Waals surface area contributed by atoms with Gasteiger partial charge in [-0.15, -0.1) is 0 Å². The minimum Gasteiger partial charge on any atom is -0.344 e. The number of allylic oxidation sites excluding steroid dienone is 6. The van der Waals surface area contributed by atoms with E-state index in [2.05, 4.69) is 168 Å². The molecule has 4 aromatic carbocycles. The zero-order valence-electron chi connectivity index (χ0n) is 50.3. The third-order valence-electron chi connectivity index (χ3n) is 11.8. The Bertz CT molecular complexity index is 2240. The minimum absolute atomic E-state index is 0.840. The lowest BCUT2D eigenvalue weighted by atomic mass is 10.0. The molecule has 75 heavy (non-hydrogen) atoms. The average Bonchev–Trinajstić information content (AvgIpc) is 3.91. The molecule has 0 amide bonds. The molecule has 0 N–H and O–H groups in total. The molecule has 6 heteroatoms. The average molecular weight is 1020 g/mol. The molecule has 0 bridgehead atoms. The largest absolute Gasteiger partial charge is 0.344 e. The molecule has 1 aromatic heterocycles. The standard InChI is InChI=1S/C18H21N3.C15H29N2.C13H14.C12H24N.C7H8.2C2H6/c1-15-10-8-9-13-18(15)20(3)16(2)14-19-21(4)17-11-6-5-7-12-17;1-3-5-7-8-10-12-17-14-13-16(15-17)11-9-6-4-2;1-4-8-12(5-2)13-10-7-6-9-11(13)3;1-4-7-8-9-10-12-13(6-3)11-5-2;1-7-5-3-2-4-6-7;2*1-2/h5-14H,2H2,1,3-4H3;13-15H,3-12H2,1-2H3;4-10H,1-2H2,3H3;5-6,11H,4,7-10,12H2,1-3H3;2-6H,1H3;2*1-2H3/q;+1;;+1;;;/b19-14+;;12-8-;11-5-,13-6?;;;. The van der Waals surface area contributed by atoms with Crippen LogP contribution in [-0.2, 0) is 13.1 Å². The van der Waals surface area contributed by atoms with Crippen LogP contribution in [0.4, 0.5) is 11.4 Å². The predicted molar refractivity (Wildman–Crippen MR) is 339 cm³/mol. The van der Waals surface area contributed by atoms with Gasteiger partial charge < -0.3 is 4.90 Å². The van der Waals surface area contributed by atoms with Gasteiger partial charge in [-0.2, -0.15) is 5.10 Å². The number of benzene rings is 4. The van der Waals surface area contributed by atoms with Crippen molar-refractivity contribution in [3.8, 4) is 0 Å². The van der Waals surface area contributed by atoms with E-state index in [1.807, 2.05) is 137 Å². The third kappa shape index (κ3) is 35.5. The van der Waals surface area contributed by atoms with E-state index in [9.17, 15) is 0 Å². The lowest BCUT2D eigenvalue weighted by Crippen LogP contribution is -2.30. The molecule has 0 saturated heterocycles. The van der Waals surface area contributed by atoms with E-state index in [1.165, 1.54) is 125 Å². The second-order valence-corrected chi connectivity index (χ2v) is 17.9. The zero-order chi connectivity index (χ0) is 56.3. The molecule has 0 unspecified atom stereocenters. The molecule has 412 valence electrons. The van der Waals surface area contributed by atoms with E-state index in [-0.39, 0.29) is 0 Å². The Morgan fingerprint density at radius 1 is 0.653 bits per heavy atom.